The lowest BCUT2D eigenvalue weighted by Gasteiger charge is -2.22. The average molecular weight is 359 g/mol. The maximum absolute atomic E-state index is 10.4. The van der Waals surface area contributed by atoms with Gasteiger partial charge in [0, 0.05) is 5.57 Å². The second kappa shape index (κ2) is 11.0. The highest BCUT2D eigenvalue weighted by atomic mass is 32.2. The Hall–Kier alpha value is -1.70. The van der Waals surface area contributed by atoms with Crippen molar-refractivity contribution in [1.29, 1.82) is 0 Å². The molecule has 0 aromatic heterocycles. The van der Waals surface area contributed by atoms with Crippen LogP contribution in [0.25, 0.3) is 0 Å². The van der Waals surface area contributed by atoms with Gasteiger partial charge in [0.1, 0.15) is 10.1 Å². The van der Waals surface area contributed by atoms with Gasteiger partial charge in [0.05, 0.1) is 32.6 Å². The molecule has 2 N–H and O–H groups in total. The number of hydrogen-bond donors (Lipinski definition) is 1. The minimum atomic E-state index is -4.27. The number of quaternary nitrogens is 1. The number of amides is 1. The fraction of sp³-hybridized carbons (Fsp3) is 0.471. The Morgan fingerprint density at radius 1 is 1.21 bits per heavy atom. The third-order valence-electron chi connectivity index (χ3n) is 2.62. The van der Waals surface area contributed by atoms with Crippen LogP contribution in [-0.4, -0.2) is 51.0 Å². The minimum absolute atomic E-state index is 0.178. The third-order valence-corrected chi connectivity index (χ3v) is 3.47. The van der Waals surface area contributed by atoms with Crippen LogP contribution in [0.15, 0.2) is 41.3 Å². The number of nitrogens with zero attached hydrogens (tertiary/aromatic N) is 1. The molecule has 0 atom stereocenters. The Bertz CT molecular complexity index is 603. The molecule has 0 saturated carbocycles. The van der Waals surface area contributed by atoms with Crippen LogP contribution < -0.4 is 5.73 Å². The summed E-state index contributed by atoms with van der Waals surface area (Å²) in [6.45, 7) is 10.2. The van der Waals surface area contributed by atoms with E-state index in [2.05, 4.69) is 34.6 Å². The summed E-state index contributed by atoms with van der Waals surface area (Å²) in [6.07, 6.45) is 1.28. The average Bonchev–Trinajstić information content (AvgIpc) is 2.38. The van der Waals surface area contributed by atoms with Crippen LogP contribution in [0, 0.1) is 6.92 Å². The number of nitrogens with two attached hydrogens (primary N) is 1. The zero-order chi connectivity index (χ0) is 19.6. The number of primary amides is 1. The van der Waals surface area contributed by atoms with Gasteiger partial charge in [0.2, 0.25) is 5.91 Å². The molecule has 1 aromatic rings. The first kappa shape index (κ1) is 24.6. The quantitative estimate of drug-likeness (QED) is 0.506. The number of carbonyl (C=O) groups excluding carboxylic acids is 1. The van der Waals surface area contributed by atoms with E-state index in [4.69, 9.17) is 5.73 Å². The van der Waals surface area contributed by atoms with Gasteiger partial charge in [-0.05, 0) is 32.4 Å². The Labute approximate surface area is 146 Å². The van der Waals surface area contributed by atoms with Crippen LogP contribution in [0.3, 0.4) is 0 Å². The van der Waals surface area contributed by atoms with Crippen LogP contribution in [0.4, 0.5) is 0 Å². The summed E-state index contributed by atoms with van der Waals surface area (Å²) in [5.41, 5.74) is 6.02. The SMILES string of the molecule is C=C(C)C(N)=O.CCC[N+](C)(C)C.Cc1ccc(S(=O)(=O)[O-])cc1. The van der Waals surface area contributed by atoms with Crippen LogP contribution in [0.5, 0.6) is 0 Å². The van der Waals surface area contributed by atoms with E-state index < -0.39 is 16.0 Å². The third kappa shape index (κ3) is 15.2. The van der Waals surface area contributed by atoms with E-state index in [1.54, 1.807) is 19.1 Å². The summed E-state index contributed by atoms with van der Waals surface area (Å²) in [4.78, 5) is 9.64. The lowest BCUT2D eigenvalue weighted by molar-refractivity contribution is -0.870. The summed E-state index contributed by atoms with van der Waals surface area (Å²) < 4.78 is 32.3. The Balaban J connectivity index is 0. The molecule has 6 nitrogen and oxygen atoms in total. The van der Waals surface area contributed by atoms with Crippen molar-refractivity contribution in [1.82, 2.24) is 0 Å². The highest BCUT2D eigenvalue weighted by molar-refractivity contribution is 7.85. The molecule has 1 amide bonds. The van der Waals surface area contributed by atoms with Gasteiger partial charge in [-0.1, -0.05) is 31.2 Å². The summed E-state index contributed by atoms with van der Waals surface area (Å²) in [5, 5.41) is 0. The van der Waals surface area contributed by atoms with Crippen LogP contribution in [0.1, 0.15) is 25.8 Å². The lowest BCUT2D eigenvalue weighted by Crippen LogP contribution is -2.34. The van der Waals surface area contributed by atoms with E-state index in [-0.39, 0.29) is 4.90 Å². The van der Waals surface area contributed by atoms with Crippen molar-refractivity contribution in [3.8, 4) is 0 Å². The maximum Gasteiger partial charge on any atom is 0.243 e. The van der Waals surface area contributed by atoms with Gasteiger partial charge >= 0.3 is 0 Å². The van der Waals surface area contributed by atoms with Gasteiger partial charge in [-0.15, -0.1) is 0 Å². The monoisotopic (exact) mass is 358 g/mol. The fourth-order valence-corrected chi connectivity index (χ4v) is 1.85. The summed E-state index contributed by atoms with van der Waals surface area (Å²) in [7, 11) is 2.37. The van der Waals surface area contributed by atoms with Gasteiger partial charge in [-0.3, -0.25) is 4.79 Å². The number of rotatable bonds is 4. The van der Waals surface area contributed by atoms with Crippen molar-refractivity contribution in [3.05, 3.63) is 42.0 Å². The van der Waals surface area contributed by atoms with Crippen LogP contribution in [0.2, 0.25) is 0 Å². The van der Waals surface area contributed by atoms with Crippen molar-refractivity contribution < 1.29 is 22.2 Å². The first-order valence-corrected chi connectivity index (χ1v) is 8.90. The van der Waals surface area contributed by atoms with Crippen molar-refractivity contribution in [2.75, 3.05) is 27.7 Å². The number of hydrogen-bond acceptors (Lipinski definition) is 4. The van der Waals surface area contributed by atoms with Crippen molar-refractivity contribution in [3.63, 3.8) is 0 Å². The van der Waals surface area contributed by atoms with Crippen LogP contribution in [-0.2, 0) is 14.9 Å². The molecule has 7 heteroatoms. The van der Waals surface area contributed by atoms with Gasteiger partial charge in [0.25, 0.3) is 0 Å². The molecule has 1 rings (SSSR count). The topological polar surface area (TPSA) is 100 Å². The maximum atomic E-state index is 10.4. The lowest BCUT2D eigenvalue weighted by atomic mass is 10.2. The Morgan fingerprint density at radius 3 is 1.75 bits per heavy atom. The zero-order valence-electron chi connectivity index (χ0n) is 15.5. The molecule has 0 heterocycles. The number of aryl methyl sites for hydroxylation is 1. The standard InChI is InChI=1S/C7H8O3S.C6H16N.C4H7NO/c1-6-2-4-7(5-3-6)11(8,9)10;1-5-6-7(2,3)4;1-3(2)4(5)6/h2-5H,1H3,(H,8,9,10);5-6H2,1-4H3;1H2,2H3,(H2,5,6)/q;+1;/p-1. The zero-order valence-corrected chi connectivity index (χ0v) is 16.3. The van der Waals surface area contributed by atoms with E-state index in [1.807, 2.05) is 6.92 Å². The predicted octanol–water partition coefficient (Wildman–Crippen LogP) is 2.05. The molecule has 0 radical (unpaired) electrons. The highest BCUT2D eigenvalue weighted by Crippen LogP contribution is 2.08. The molecule has 0 aliphatic heterocycles. The van der Waals surface area contributed by atoms with Gasteiger partial charge < -0.3 is 14.8 Å². The summed E-state index contributed by atoms with van der Waals surface area (Å²) >= 11 is 0. The Kier molecular flexibility index (Phi) is 11.2. The molecular weight excluding hydrogens is 328 g/mol. The van der Waals surface area contributed by atoms with Gasteiger partial charge in [0.15, 0.2) is 0 Å². The first-order valence-electron chi connectivity index (χ1n) is 7.49. The van der Waals surface area contributed by atoms with E-state index in [9.17, 15) is 17.8 Å². The van der Waals surface area contributed by atoms with E-state index >= 15 is 0 Å². The van der Waals surface area contributed by atoms with Crippen molar-refractivity contribution >= 4 is 16.0 Å². The summed E-state index contributed by atoms with van der Waals surface area (Å²) in [6, 6.07) is 5.78. The predicted molar refractivity (Wildman–Crippen MR) is 96.3 cm³/mol. The molecular formula is C17H30N2O4S. The first-order chi connectivity index (χ1) is 10.7. The second-order valence-corrected chi connectivity index (χ2v) is 7.81. The highest BCUT2D eigenvalue weighted by Gasteiger charge is 2.01. The van der Waals surface area contributed by atoms with Crippen molar-refractivity contribution in [2.24, 2.45) is 5.73 Å². The minimum Gasteiger partial charge on any atom is -0.744 e. The normalized spacial score (nSPS) is 10.6. The number of benzene rings is 1. The Morgan fingerprint density at radius 2 is 1.58 bits per heavy atom. The molecule has 0 unspecified atom stereocenters. The molecule has 0 saturated heterocycles. The van der Waals surface area contributed by atoms with Gasteiger partial charge in [-0.2, -0.15) is 0 Å². The number of carbonyl (C=O) groups is 1. The van der Waals surface area contributed by atoms with E-state index in [1.165, 1.54) is 25.1 Å². The smallest absolute Gasteiger partial charge is 0.243 e. The molecule has 0 bridgehead atoms. The van der Waals surface area contributed by atoms with Crippen molar-refractivity contribution in [2.45, 2.75) is 32.1 Å². The molecule has 0 aliphatic rings. The largest absolute Gasteiger partial charge is 0.744 e. The second-order valence-electron chi connectivity index (χ2n) is 6.43. The molecule has 1 aromatic carbocycles. The molecule has 0 fully saturated rings. The fourth-order valence-electron chi connectivity index (χ4n) is 1.38. The summed E-state index contributed by atoms with van der Waals surface area (Å²) in [5.74, 6) is -0.435. The molecule has 0 aliphatic carbocycles. The van der Waals surface area contributed by atoms with Crippen LogP contribution >= 0.6 is 0 Å². The van der Waals surface area contributed by atoms with E-state index in [0.717, 1.165) is 10.0 Å². The molecule has 138 valence electrons. The van der Waals surface area contributed by atoms with Gasteiger partial charge in [-0.25, -0.2) is 8.42 Å². The van der Waals surface area contributed by atoms with E-state index in [0.29, 0.717) is 5.57 Å². The molecule has 0 spiro atoms. The molecule has 24 heavy (non-hydrogen) atoms.